The molecule has 0 amide bonds. The van der Waals surface area contributed by atoms with Gasteiger partial charge >= 0.3 is 0 Å². The molecule has 2 atom stereocenters. The van der Waals surface area contributed by atoms with Crippen LogP contribution >= 0.6 is 11.3 Å². The lowest BCUT2D eigenvalue weighted by molar-refractivity contribution is 0.117. The standard InChI is InChI=1S/C13H20N2O3S2/c1-10-7-14-5-2-3-11(14)8-15(10)20(17,18)13-4-6-19-12(13)9-16/h4,6,10-11,16H,2-3,5,7-9H2,1H3. The van der Waals surface area contributed by atoms with Crippen LogP contribution in [0.2, 0.25) is 0 Å². The van der Waals surface area contributed by atoms with Crippen molar-refractivity contribution in [2.24, 2.45) is 0 Å². The van der Waals surface area contributed by atoms with E-state index >= 15 is 0 Å². The molecule has 20 heavy (non-hydrogen) atoms. The van der Waals surface area contributed by atoms with Crippen molar-refractivity contribution in [1.82, 2.24) is 9.21 Å². The zero-order valence-electron chi connectivity index (χ0n) is 11.5. The van der Waals surface area contributed by atoms with Gasteiger partial charge in [-0.2, -0.15) is 4.31 Å². The van der Waals surface area contributed by atoms with Crippen LogP contribution in [0.1, 0.15) is 24.6 Å². The summed E-state index contributed by atoms with van der Waals surface area (Å²) >= 11 is 1.29. The highest BCUT2D eigenvalue weighted by Crippen LogP contribution is 2.31. The van der Waals surface area contributed by atoms with E-state index in [9.17, 15) is 13.5 Å². The lowest BCUT2D eigenvalue weighted by atomic mass is 10.1. The summed E-state index contributed by atoms with van der Waals surface area (Å²) in [5.74, 6) is 0. The maximum absolute atomic E-state index is 12.8. The van der Waals surface area contributed by atoms with Gasteiger partial charge in [-0.15, -0.1) is 11.3 Å². The Hall–Kier alpha value is -0.470. The van der Waals surface area contributed by atoms with E-state index in [1.165, 1.54) is 11.3 Å². The maximum Gasteiger partial charge on any atom is 0.244 e. The average Bonchev–Trinajstić information content (AvgIpc) is 3.05. The van der Waals surface area contributed by atoms with Crippen LogP contribution in [-0.2, 0) is 16.6 Å². The minimum absolute atomic E-state index is 0.0132. The Kier molecular flexibility index (Phi) is 3.89. The van der Waals surface area contributed by atoms with Crippen molar-refractivity contribution in [3.8, 4) is 0 Å². The number of aliphatic hydroxyl groups excluding tert-OH is 1. The highest BCUT2D eigenvalue weighted by Gasteiger charge is 2.40. The van der Waals surface area contributed by atoms with E-state index < -0.39 is 10.0 Å². The van der Waals surface area contributed by atoms with Crippen LogP contribution in [0.25, 0.3) is 0 Å². The number of nitrogens with zero attached hydrogens (tertiary/aromatic N) is 2. The molecule has 7 heteroatoms. The largest absolute Gasteiger partial charge is 0.391 e. The maximum atomic E-state index is 12.8. The van der Waals surface area contributed by atoms with Crippen LogP contribution < -0.4 is 0 Å². The number of sulfonamides is 1. The lowest BCUT2D eigenvalue weighted by Crippen LogP contribution is -2.56. The number of thiophene rings is 1. The molecule has 0 bridgehead atoms. The fourth-order valence-corrected chi connectivity index (χ4v) is 6.22. The van der Waals surface area contributed by atoms with Gasteiger partial charge in [-0.1, -0.05) is 0 Å². The van der Waals surface area contributed by atoms with E-state index in [4.69, 9.17) is 0 Å². The van der Waals surface area contributed by atoms with E-state index in [0.29, 0.717) is 17.5 Å². The third kappa shape index (κ3) is 2.31. The van der Waals surface area contributed by atoms with Crippen LogP contribution in [0.15, 0.2) is 16.3 Å². The summed E-state index contributed by atoms with van der Waals surface area (Å²) in [5, 5.41) is 11.0. The normalized spacial score (nSPS) is 28.7. The van der Waals surface area contributed by atoms with E-state index in [-0.39, 0.29) is 17.5 Å². The Balaban J connectivity index is 1.91. The molecule has 5 nitrogen and oxygen atoms in total. The molecule has 3 rings (SSSR count). The van der Waals surface area contributed by atoms with Gasteiger partial charge < -0.3 is 5.11 Å². The Morgan fingerprint density at radius 3 is 3.00 bits per heavy atom. The summed E-state index contributed by atoms with van der Waals surface area (Å²) in [6.45, 7) is 4.22. The quantitative estimate of drug-likeness (QED) is 0.907. The first kappa shape index (κ1) is 14.5. The second kappa shape index (κ2) is 5.38. The lowest BCUT2D eigenvalue weighted by Gasteiger charge is -2.41. The van der Waals surface area contributed by atoms with Crippen LogP contribution in [0.4, 0.5) is 0 Å². The second-order valence-corrected chi connectivity index (χ2v) is 8.44. The van der Waals surface area contributed by atoms with E-state index in [1.54, 1.807) is 15.8 Å². The third-order valence-electron chi connectivity index (χ3n) is 4.31. The smallest absolute Gasteiger partial charge is 0.244 e. The van der Waals surface area contributed by atoms with Crippen LogP contribution in [0.5, 0.6) is 0 Å². The van der Waals surface area contributed by atoms with Gasteiger partial charge in [-0.3, -0.25) is 4.90 Å². The molecule has 2 saturated heterocycles. The molecule has 0 spiro atoms. The molecule has 2 fully saturated rings. The summed E-state index contributed by atoms with van der Waals surface area (Å²) in [6, 6.07) is 1.96. The number of piperazine rings is 1. The molecule has 0 radical (unpaired) electrons. The van der Waals surface area contributed by atoms with Crippen molar-refractivity contribution in [2.45, 2.75) is 43.4 Å². The monoisotopic (exact) mass is 316 g/mol. The van der Waals surface area contributed by atoms with Crippen molar-refractivity contribution in [2.75, 3.05) is 19.6 Å². The predicted molar refractivity (Wildman–Crippen MR) is 78.2 cm³/mol. The molecular formula is C13H20N2O3S2. The minimum Gasteiger partial charge on any atom is -0.391 e. The van der Waals surface area contributed by atoms with Crippen LogP contribution in [0.3, 0.4) is 0 Å². The highest BCUT2D eigenvalue weighted by molar-refractivity contribution is 7.89. The fourth-order valence-electron chi connectivity index (χ4n) is 3.30. The molecular weight excluding hydrogens is 296 g/mol. The van der Waals surface area contributed by atoms with E-state index in [2.05, 4.69) is 4.90 Å². The zero-order valence-corrected chi connectivity index (χ0v) is 13.2. The van der Waals surface area contributed by atoms with Crippen LogP contribution in [-0.4, -0.2) is 54.4 Å². The molecule has 3 heterocycles. The molecule has 2 aliphatic heterocycles. The van der Waals surface area contributed by atoms with Gasteiger partial charge in [0.15, 0.2) is 0 Å². The Bertz CT molecular complexity index is 584. The van der Waals surface area contributed by atoms with Crippen molar-refractivity contribution < 1.29 is 13.5 Å². The summed E-state index contributed by atoms with van der Waals surface area (Å²) in [5.41, 5.74) is 0. The van der Waals surface area contributed by atoms with E-state index in [0.717, 1.165) is 25.9 Å². The number of hydrogen-bond acceptors (Lipinski definition) is 5. The summed E-state index contributed by atoms with van der Waals surface area (Å²) < 4.78 is 27.3. The first-order chi connectivity index (χ1) is 9.54. The van der Waals surface area contributed by atoms with Gasteiger partial charge in [0, 0.05) is 30.1 Å². The Morgan fingerprint density at radius 1 is 1.45 bits per heavy atom. The SMILES string of the molecule is CC1CN2CCCC2CN1S(=O)(=O)c1ccsc1CO. The van der Waals surface area contributed by atoms with Gasteiger partial charge in [0.25, 0.3) is 0 Å². The third-order valence-corrected chi connectivity index (χ3v) is 7.41. The fraction of sp³-hybridized carbons (Fsp3) is 0.692. The second-order valence-electron chi connectivity index (χ2n) is 5.58. The molecule has 2 aliphatic rings. The molecule has 0 aliphatic carbocycles. The van der Waals surface area contributed by atoms with Crippen molar-refractivity contribution in [1.29, 1.82) is 0 Å². The highest BCUT2D eigenvalue weighted by atomic mass is 32.2. The zero-order chi connectivity index (χ0) is 14.3. The van der Waals surface area contributed by atoms with E-state index in [1.807, 2.05) is 6.92 Å². The summed E-state index contributed by atoms with van der Waals surface area (Å²) in [4.78, 5) is 3.21. The minimum atomic E-state index is -3.49. The molecule has 1 aromatic rings. The summed E-state index contributed by atoms with van der Waals surface area (Å²) in [7, 11) is -3.49. The number of fused-ring (bicyclic) bond motifs is 1. The first-order valence-electron chi connectivity index (χ1n) is 6.97. The Labute approximate surface area is 123 Å². The Morgan fingerprint density at radius 2 is 2.25 bits per heavy atom. The van der Waals surface area contributed by atoms with Gasteiger partial charge in [0.05, 0.1) is 11.5 Å². The molecule has 112 valence electrons. The van der Waals surface area contributed by atoms with Crippen molar-refractivity contribution in [3.05, 3.63) is 16.3 Å². The predicted octanol–water partition coefficient (Wildman–Crippen LogP) is 1.10. The molecule has 0 aromatic carbocycles. The molecule has 0 saturated carbocycles. The van der Waals surface area contributed by atoms with Crippen molar-refractivity contribution >= 4 is 21.4 Å². The van der Waals surface area contributed by atoms with Gasteiger partial charge in [-0.05, 0) is 37.8 Å². The van der Waals surface area contributed by atoms with Crippen LogP contribution in [0, 0.1) is 0 Å². The summed E-state index contributed by atoms with van der Waals surface area (Å²) in [6.07, 6.45) is 2.24. The molecule has 2 unspecified atom stereocenters. The molecule has 1 N–H and O–H groups in total. The molecule has 1 aromatic heterocycles. The topological polar surface area (TPSA) is 60.9 Å². The van der Waals surface area contributed by atoms with Crippen molar-refractivity contribution in [3.63, 3.8) is 0 Å². The number of hydrogen-bond donors (Lipinski definition) is 1. The van der Waals surface area contributed by atoms with Gasteiger partial charge in [-0.25, -0.2) is 8.42 Å². The van der Waals surface area contributed by atoms with Gasteiger partial charge in [0.2, 0.25) is 10.0 Å². The first-order valence-corrected chi connectivity index (χ1v) is 9.29. The number of rotatable bonds is 3. The average molecular weight is 316 g/mol. The van der Waals surface area contributed by atoms with Gasteiger partial charge in [0.1, 0.15) is 0 Å². The number of aliphatic hydroxyl groups is 1.